The summed E-state index contributed by atoms with van der Waals surface area (Å²) in [6.45, 7) is 1.69. The van der Waals surface area contributed by atoms with Gasteiger partial charge in [0.15, 0.2) is 0 Å². The van der Waals surface area contributed by atoms with E-state index in [-0.39, 0.29) is 16.6 Å². The van der Waals surface area contributed by atoms with E-state index >= 15 is 0 Å². The van der Waals surface area contributed by atoms with Crippen molar-refractivity contribution in [1.29, 1.82) is 0 Å². The van der Waals surface area contributed by atoms with Gasteiger partial charge in [0.1, 0.15) is 11.7 Å². The zero-order valence-corrected chi connectivity index (χ0v) is 10.3. The Bertz CT molecular complexity index is 525. The van der Waals surface area contributed by atoms with E-state index in [0.717, 1.165) is 11.8 Å². The molecule has 1 aromatic heterocycles. The smallest absolute Gasteiger partial charge is 0.354 e. The largest absolute Gasteiger partial charge is 0.477 e. The minimum atomic E-state index is -1.15. The van der Waals surface area contributed by atoms with Gasteiger partial charge in [-0.25, -0.2) is 4.79 Å². The number of hydrogen-bond donors (Lipinski definition) is 4. The Labute approximate surface area is 106 Å². The van der Waals surface area contributed by atoms with Crippen molar-refractivity contribution in [2.75, 3.05) is 11.1 Å². The molecule has 1 aliphatic rings. The van der Waals surface area contributed by atoms with Gasteiger partial charge in [-0.15, -0.1) is 0 Å². The lowest BCUT2D eigenvalue weighted by Crippen LogP contribution is -2.38. The summed E-state index contributed by atoms with van der Waals surface area (Å²) in [5.74, 6) is -1.23. The topological polar surface area (TPSA) is 111 Å². The third-order valence-corrected chi connectivity index (χ3v) is 3.29. The lowest BCUT2D eigenvalue weighted by atomic mass is 10.3. The van der Waals surface area contributed by atoms with Crippen molar-refractivity contribution in [2.45, 2.75) is 13.0 Å². The molecule has 2 rings (SSSR count). The van der Waals surface area contributed by atoms with Crippen LogP contribution >= 0.6 is 11.8 Å². The van der Waals surface area contributed by atoms with E-state index in [4.69, 9.17) is 5.11 Å². The van der Waals surface area contributed by atoms with Crippen LogP contribution in [0.15, 0.2) is 6.07 Å². The lowest BCUT2D eigenvalue weighted by Gasteiger charge is -2.09. The second kappa shape index (κ2) is 4.73. The fourth-order valence-electron chi connectivity index (χ4n) is 1.60. The van der Waals surface area contributed by atoms with Crippen molar-refractivity contribution < 1.29 is 19.5 Å². The number of carboxylic acids is 1. The Hall–Kier alpha value is -1.96. The molecular weight excluding hydrogens is 258 g/mol. The van der Waals surface area contributed by atoms with Crippen molar-refractivity contribution in [3.63, 3.8) is 0 Å². The molecule has 7 nitrogen and oxygen atoms in total. The highest BCUT2D eigenvalue weighted by molar-refractivity contribution is 8.14. The van der Waals surface area contributed by atoms with Crippen molar-refractivity contribution in [3.05, 3.63) is 17.5 Å². The molecule has 1 aromatic rings. The summed E-state index contributed by atoms with van der Waals surface area (Å²) >= 11 is 1.02. The number of H-pyrrole nitrogens is 1. The first-order chi connectivity index (χ1) is 8.47. The molecule has 4 N–H and O–H groups in total. The molecule has 0 aromatic carbocycles. The highest BCUT2D eigenvalue weighted by atomic mass is 32.2. The summed E-state index contributed by atoms with van der Waals surface area (Å²) in [5, 5.41) is 13.7. The molecule has 1 fully saturated rings. The first-order valence-corrected chi connectivity index (χ1v) is 6.13. The van der Waals surface area contributed by atoms with Gasteiger partial charge in [0.25, 0.3) is 5.24 Å². The number of aromatic nitrogens is 1. The van der Waals surface area contributed by atoms with Crippen LogP contribution in [-0.4, -0.2) is 39.0 Å². The molecular formula is C10H11N3O4S. The van der Waals surface area contributed by atoms with Gasteiger partial charge in [-0.1, -0.05) is 11.8 Å². The standard InChI is InChI=1S/C10H11N3O4S/c1-4-2-5(7(11-4)9(15)16)12-8(14)6-3-18-10(17)13-6/h2,6,11H,3H2,1H3,(H,12,14)(H,13,17)(H,15,16). The fourth-order valence-corrected chi connectivity index (χ4v) is 2.38. The van der Waals surface area contributed by atoms with Crippen LogP contribution in [0.3, 0.4) is 0 Å². The summed E-state index contributed by atoms with van der Waals surface area (Å²) in [4.78, 5) is 36.3. The minimum absolute atomic E-state index is 0.0715. The van der Waals surface area contributed by atoms with Crippen LogP contribution < -0.4 is 10.6 Å². The van der Waals surface area contributed by atoms with Gasteiger partial charge >= 0.3 is 5.97 Å². The van der Waals surface area contributed by atoms with E-state index in [0.29, 0.717) is 11.4 Å². The first kappa shape index (κ1) is 12.5. The second-order valence-corrected chi connectivity index (χ2v) is 4.82. The second-order valence-electron chi connectivity index (χ2n) is 3.83. The van der Waals surface area contributed by atoms with Gasteiger partial charge < -0.3 is 20.7 Å². The zero-order valence-electron chi connectivity index (χ0n) is 9.44. The molecule has 1 saturated heterocycles. The molecule has 1 unspecified atom stereocenters. The van der Waals surface area contributed by atoms with Crippen molar-refractivity contribution in [3.8, 4) is 0 Å². The summed E-state index contributed by atoms with van der Waals surface area (Å²) in [7, 11) is 0. The maximum absolute atomic E-state index is 11.8. The summed E-state index contributed by atoms with van der Waals surface area (Å²) < 4.78 is 0. The molecule has 8 heteroatoms. The Morgan fingerprint density at radius 1 is 1.56 bits per heavy atom. The third kappa shape index (κ3) is 2.48. The molecule has 1 aliphatic heterocycles. The Balaban J connectivity index is 2.11. The number of carbonyl (C=O) groups excluding carboxylic acids is 2. The average Bonchev–Trinajstić information content (AvgIpc) is 2.85. The number of amides is 2. The number of anilines is 1. The van der Waals surface area contributed by atoms with Crippen LogP contribution in [0.5, 0.6) is 0 Å². The van der Waals surface area contributed by atoms with E-state index in [9.17, 15) is 14.4 Å². The van der Waals surface area contributed by atoms with Crippen LogP contribution in [-0.2, 0) is 4.79 Å². The Kier molecular flexibility index (Phi) is 3.28. The van der Waals surface area contributed by atoms with E-state index in [1.54, 1.807) is 6.92 Å². The van der Waals surface area contributed by atoms with Gasteiger partial charge in [0, 0.05) is 11.4 Å². The molecule has 96 valence electrons. The van der Waals surface area contributed by atoms with Gasteiger partial charge in [-0.3, -0.25) is 9.59 Å². The zero-order chi connectivity index (χ0) is 13.3. The third-order valence-electron chi connectivity index (χ3n) is 2.41. The number of nitrogens with one attached hydrogen (secondary N) is 3. The summed E-state index contributed by atoms with van der Waals surface area (Å²) in [6, 6.07) is 0.907. The molecule has 2 heterocycles. The van der Waals surface area contributed by atoms with Crippen molar-refractivity contribution in [2.24, 2.45) is 0 Å². The van der Waals surface area contributed by atoms with E-state index < -0.39 is 17.9 Å². The monoisotopic (exact) mass is 269 g/mol. The van der Waals surface area contributed by atoms with E-state index in [1.807, 2.05) is 0 Å². The number of carboxylic acid groups (broad SMARTS) is 1. The van der Waals surface area contributed by atoms with Gasteiger partial charge in [-0.05, 0) is 13.0 Å². The highest BCUT2D eigenvalue weighted by Gasteiger charge is 2.29. The number of thioether (sulfide) groups is 1. The number of aromatic amines is 1. The first-order valence-electron chi connectivity index (χ1n) is 5.14. The fraction of sp³-hybridized carbons (Fsp3) is 0.300. The summed E-state index contributed by atoms with van der Waals surface area (Å²) in [6.07, 6.45) is 0. The normalized spacial score (nSPS) is 18.5. The molecule has 0 saturated carbocycles. The number of carbonyl (C=O) groups is 3. The minimum Gasteiger partial charge on any atom is -0.477 e. The SMILES string of the molecule is Cc1cc(NC(=O)C2CSC(=O)N2)c(C(=O)O)[nH]1. The lowest BCUT2D eigenvalue weighted by molar-refractivity contribution is -0.117. The number of hydrogen-bond acceptors (Lipinski definition) is 4. The Morgan fingerprint density at radius 3 is 2.83 bits per heavy atom. The molecule has 1 atom stereocenters. The molecule has 18 heavy (non-hydrogen) atoms. The number of aryl methyl sites for hydroxylation is 1. The van der Waals surface area contributed by atoms with E-state index in [2.05, 4.69) is 15.6 Å². The number of aromatic carboxylic acids is 1. The van der Waals surface area contributed by atoms with Crippen molar-refractivity contribution >= 4 is 34.6 Å². The van der Waals surface area contributed by atoms with Crippen LogP contribution in [0, 0.1) is 6.92 Å². The highest BCUT2D eigenvalue weighted by Crippen LogP contribution is 2.19. The molecule has 0 aliphatic carbocycles. The van der Waals surface area contributed by atoms with Crippen LogP contribution in [0.1, 0.15) is 16.2 Å². The van der Waals surface area contributed by atoms with Crippen LogP contribution in [0.2, 0.25) is 0 Å². The predicted octanol–water partition coefficient (Wildman–Crippen LogP) is 0.785. The molecule has 0 radical (unpaired) electrons. The van der Waals surface area contributed by atoms with Crippen LogP contribution in [0.4, 0.5) is 10.5 Å². The maximum Gasteiger partial charge on any atom is 0.354 e. The van der Waals surface area contributed by atoms with Gasteiger partial charge in [-0.2, -0.15) is 0 Å². The van der Waals surface area contributed by atoms with Gasteiger partial charge in [0.05, 0.1) is 5.69 Å². The quantitative estimate of drug-likeness (QED) is 0.648. The maximum atomic E-state index is 11.8. The van der Waals surface area contributed by atoms with Gasteiger partial charge in [0.2, 0.25) is 5.91 Å². The van der Waals surface area contributed by atoms with Crippen molar-refractivity contribution in [1.82, 2.24) is 10.3 Å². The molecule has 0 bridgehead atoms. The summed E-state index contributed by atoms with van der Waals surface area (Å²) in [5.41, 5.74) is 0.765. The van der Waals surface area contributed by atoms with E-state index in [1.165, 1.54) is 6.07 Å². The van der Waals surface area contributed by atoms with Crippen LogP contribution in [0.25, 0.3) is 0 Å². The molecule has 0 spiro atoms. The predicted molar refractivity (Wildman–Crippen MR) is 65.9 cm³/mol. The number of rotatable bonds is 3. The Morgan fingerprint density at radius 2 is 2.28 bits per heavy atom. The average molecular weight is 269 g/mol. The molecule has 2 amide bonds.